The van der Waals surface area contributed by atoms with Crippen LogP contribution >= 0.6 is 0 Å². The summed E-state index contributed by atoms with van der Waals surface area (Å²) in [6, 6.07) is 0. The van der Waals surface area contributed by atoms with Gasteiger partial charge in [0, 0.05) is 6.54 Å². The van der Waals surface area contributed by atoms with Gasteiger partial charge in [-0.25, -0.2) is 8.42 Å². The monoisotopic (exact) mass is 260 g/mol. The van der Waals surface area contributed by atoms with Crippen LogP contribution in [-0.2, 0) is 14.6 Å². The van der Waals surface area contributed by atoms with Crippen LogP contribution in [0.2, 0.25) is 0 Å². The Kier molecular flexibility index (Phi) is 4.04. The first-order valence-corrected chi connectivity index (χ1v) is 8.05. The fourth-order valence-electron chi connectivity index (χ4n) is 2.07. The van der Waals surface area contributed by atoms with Gasteiger partial charge in [0.15, 0.2) is 9.84 Å². The van der Waals surface area contributed by atoms with Crippen molar-refractivity contribution in [1.29, 1.82) is 0 Å². The highest BCUT2D eigenvalue weighted by atomic mass is 32.2. The molecule has 1 unspecified atom stereocenters. The summed E-state index contributed by atoms with van der Waals surface area (Å²) < 4.78 is 22.4. The van der Waals surface area contributed by atoms with Gasteiger partial charge in [-0.1, -0.05) is 0 Å². The van der Waals surface area contributed by atoms with E-state index in [0.717, 1.165) is 13.0 Å². The van der Waals surface area contributed by atoms with Gasteiger partial charge >= 0.3 is 0 Å². The Balaban J connectivity index is 1.54. The summed E-state index contributed by atoms with van der Waals surface area (Å²) in [7, 11) is -2.80. The van der Waals surface area contributed by atoms with Crippen molar-refractivity contribution in [3.8, 4) is 0 Å². The highest BCUT2D eigenvalue weighted by Gasteiger charge is 2.27. The molecule has 5 nitrogen and oxygen atoms in total. The average molecular weight is 260 g/mol. The van der Waals surface area contributed by atoms with Gasteiger partial charge in [-0.05, 0) is 37.6 Å². The minimum absolute atomic E-state index is 0.0118. The van der Waals surface area contributed by atoms with E-state index in [4.69, 9.17) is 0 Å². The predicted molar refractivity (Wildman–Crippen MR) is 65.4 cm³/mol. The lowest BCUT2D eigenvalue weighted by Gasteiger charge is -2.09. The fraction of sp³-hybridized carbons (Fsp3) is 0.909. The Morgan fingerprint density at radius 1 is 1.12 bits per heavy atom. The summed E-state index contributed by atoms with van der Waals surface area (Å²) in [6.07, 6.45) is 3.18. The molecule has 2 N–H and O–H groups in total. The van der Waals surface area contributed by atoms with Crippen LogP contribution in [0.1, 0.15) is 19.3 Å². The van der Waals surface area contributed by atoms with Crippen LogP contribution in [0.4, 0.5) is 0 Å². The lowest BCUT2D eigenvalue weighted by molar-refractivity contribution is -0.120. The number of amides is 1. The summed E-state index contributed by atoms with van der Waals surface area (Å²) in [5.41, 5.74) is 0. The van der Waals surface area contributed by atoms with Crippen molar-refractivity contribution in [2.45, 2.75) is 19.3 Å². The van der Waals surface area contributed by atoms with Gasteiger partial charge in [-0.3, -0.25) is 4.79 Å². The predicted octanol–water partition coefficient (Wildman–Crippen LogP) is -0.463. The SMILES string of the molecule is O=C(CNCC1CCS(=O)(=O)C1)NCC1CC1. The van der Waals surface area contributed by atoms with Crippen LogP contribution in [0, 0.1) is 11.8 Å². The Morgan fingerprint density at radius 3 is 2.47 bits per heavy atom. The molecule has 1 heterocycles. The summed E-state index contributed by atoms with van der Waals surface area (Å²) in [5.74, 6) is 1.45. The molecule has 6 heteroatoms. The van der Waals surface area contributed by atoms with Crippen molar-refractivity contribution in [2.75, 3.05) is 31.1 Å². The van der Waals surface area contributed by atoms with Crippen LogP contribution in [-0.4, -0.2) is 45.5 Å². The first-order valence-electron chi connectivity index (χ1n) is 6.23. The van der Waals surface area contributed by atoms with Gasteiger partial charge in [-0.15, -0.1) is 0 Å². The van der Waals surface area contributed by atoms with Crippen molar-refractivity contribution in [1.82, 2.24) is 10.6 Å². The second kappa shape index (κ2) is 5.35. The van der Waals surface area contributed by atoms with E-state index >= 15 is 0 Å². The van der Waals surface area contributed by atoms with Gasteiger partial charge in [0.05, 0.1) is 18.1 Å². The van der Waals surface area contributed by atoms with E-state index in [1.54, 1.807) is 0 Å². The standard InChI is InChI=1S/C11H20N2O3S/c14-11(13-6-9-1-2-9)7-12-5-10-3-4-17(15,16)8-10/h9-10,12H,1-8H2,(H,13,14). The first-order chi connectivity index (χ1) is 8.05. The molecule has 1 aliphatic carbocycles. The molecule has 0 aromatic heterocycles. The van der Waals surface area contributed by atoms with Crippen LogP contribution in [0.3, 0.4) is 0 Å². The number of carbonyl (C=O) groups excluding carboxylic acids is 1. The molecule has 17 heavy (non-hydrogen) atoms. The van der Waals surface area contributed by atoms with Crippen LogP contribution in [0.15, 0.2) is 0 Å². The van der Waals surface area contributed by atoms with Crippen LogP contribution in [0.5, 0.6) is 0 Å². The summed E-state index contributed by atoms with van der Waals surface area (Å²) in [4.78, 5) is 11.4. The van der Waals surface area contributed by atoms with Crippen molar-refractivity contribution >= 4 is 15.7 Å². The molecule has 2 aliphatic rings. The quantitative estimate of drug-likeness (QED) is 0.677. The Morgan fingerprint density at radius 2 is 1.88 bits per heavy atom. The number of hydrogen-bond donors (Lipinski definition) is 2. The number of sulfone groups is 1. The van der Waals surface area contributed by atoms with Crippen LogP contribution < -0.4 is 10.6 Å². The molecular formula is C11H20N2O3S. The molecule has 2 rings (SSSR count). The number of rotatable bonds is 6. The molecule has 0 spiro atoms. The molecular weight excluding hydrogens is 240 g/mol. The third-order valence-corrected chi connectivity index (χ3v) is 5.17. The van der Waals surface area contributed by atoms with Gasteiger partial charge in [0.1, 0.15) is 0 Å². The van der Waals surface area contributed by atoms with Gasteiger partial charge < -0.3 is 10.6 Å². The zero-order valence-corrected chi connectivity index (χ0v) is 10.8. The number of nitrogens with one attached hydrogen (secondary N) is 2. The van der Waals surface area contributed by atoms with E-state index in [2.05, 4.69) is 10.6 Å². The largest absolute Gasteiger partial charge is 0.355 e. The maximum absolute atomic E-state index is 11.4. The van der Waals surface area contributed by atoms with Gasteiger partial charge in [0.25, 0.3) is 0 Å². The minimum Gasteiger partial charge on any atom is -0.355 e. The Hall–Kier alpha value is -0.620. The second-order valence-electron chi connectivity index (χ2n) is 5.15. The summed E-state index contributed by atoms with van der Waals surface area (Å²) >= 11 is 0. The molecule has 1 saturated heterocycles. The molecule has 0 aromatic rings. The first kappa shape index (κ1) is 12.8. The second-order valence-corrected chi connectivity index (χ2v) is 7.38. The Labute approximate surface area is 102 Å². The lowest BCUT2D eigenvalue weighted by Crippen LogP contribution is -2.37. The molecule has 2 fully saturated rings. The van der Waals surface area contributed by atoms with E-state index in [0.29, 0.717) is 24.8 Å². The zero-order valence-electron chi connectivity index (χ0n) is 9.94. The highest BCUT2D eigenvalue weighted by molar-refractivity contribution is 7.91. The van der Waals surface area contributed by atoms with E-state index in [1.807, 2.05) is 0 Å². The molecule has 98 valence electrons. The minimum atomic E-state index is -2.80. The van der Waals surface area contributed by atoms with Crippen molar-refractivity contribution in [3.05, 3.63) is 0 Å². The summed E-state index contributed by atoms with van der Waals surface area (Å²) in [6.45, 7) is 1.71. The Bertz CT molecular complexity index is 376. The fourth-order valence-corrected chi connectivity index (χ4v) is 3.93. The van der Waals surface area contributed by atoms with Crippen molar-refractivity contribution in [3.63, 3.8) is 0 Å². The summed E-state index contributed by atoms with van der Waals surface area (Å²) in [5, 5.41) is 5.90. The van der Waals surface area contributed by atoms with E-state index in [-0.39, 0.29) is 17.6 Å². The molecule has 1 atom stereocenters. The zero-order chi connectivity index (χ0) is 12.3. The smallest absolute Gasteiger partial charge is 0.233 e. The van der Waals surface area contributed by atoms with E-state index in [9.17, 15) is 13.2 Å². The molecule has 1 amide bonds. The van der Waals surface area contributed by atoms with Gasteiger partial charge in [-0.2, -0.15) is 0 Å². The lowest BCUT2D eigenvalue weighted by atomic mass is 10.1. The molecule has 0 radical (unpaired) electrons. The van der Waals surface area contributed by atoms with E-state index in [1.165, 1.54) is 12.8 Å². The highest BCUT2D eigenvalue weighted by Crippen LogP contribution is 2.27. The van der Waals surface area contributed by atoms with E-state index < -0.39 is 9.84 Å². The van der Waals surface area contributed by atoms with Gasteiger partial charge in [0.2, 0.25) is 5.91 Å². The maximum Gasteiger partial charge on any atom is 0.233 e. The average Bonchev–Trinajstić information content (AvgIpc) is 3.01. The number of carbonyl (C=O) groups is 1. The topological polar surface area (TPSA) is 75.3 Å². The molecule has 0 aromatic carbocycles. The van der Waals surface area contributed by atoms with Crippen molar-refractivity contribution < 1.29 is 13.2 Å². The van der Waals surface area contributed by atoms with Crippen LogP contribution in [0.25, 0.3) is 0 Å². The molecule has 1 aliphatic heterocycles. The molecule has 0 bridgehead atoms. The third-order valence-electron chi connectivity index (χ3n) is 3.33. The maximum atomic E-state index is 11.4. The third kappa shape index (κ3) is 4.63. The van der Waals surface area contributed by atoms with Crippen molar-refractivity contribution in [2.24, 2.45) is 11.8 Å². The number of hydrogen-bond acceptors (Lipinski definition) is 4. The molecule has 1 saturated carbocycles. The normalized spacial score (nSPS) is 26.9.